The Bertz CT molecular complexity index is 595. The van der Waals surface area contributed by atoms with Crippen LogP contribution in [-0.2, 0) is 6.61 Å². The highest BCUT2D eigenvalue weighted by Gasteiger charge is 2.20. The topological polar surface area (TPSA) is 53.7 Å². The average molecular weight is 271 g/mol. The van der Waals surface area contributed by atoms with E-state index in [1.54, 1.807) is 7.11 Å². The summed E-state index contributed by atoms with van der Waals surface area (Å²) in [6.45, 7) is 1.05. The molecule has 1 aliphatic heterocycles. The predicted molar refractivity (Wildman–Crippen MR) is 76.2 cm³/mol. The van der Waals surface area contributed by atoms with Gasteiger partial charge in [0.2, 0.25) is 0 Å². The van der Waals surface area contributed by atoms with Crippen LogP contribution >= 0.6 is 0 Å². The summed E-state index contributed by atoms with van der Waals surface area (Å²) >= 11 is 0. The number of hydrogen-bond acceptors (Lipinski definition) is 4. The maximum Gasteiger partial charge on any atom is 0.127 e. The molecule has 2 aromatic rings. The Kier molecular flexibility index (Phi) is 3.48. The van der Waals surface area contributed by atoms with Crippen molar-refractivity contribution in [2.45, 2.75) is 12.6 Å². The molecule has 0 amide bonds. The van der Waals surface area contributed by atoms with Gasteiger partial charge in [0.05, 0.1) is 13.2 Å². The molecule has 0 aliphatic carbocycles. The number of methoxy groups -OCH3 is 1. The second kappa shape index (κ2) is 5.43. The fraction of sp³-hybridized carbons (Fsp3) is 0.250. The van der Waals surface area contributed by atoms with E-state index in [1.165, 1.54) is 0 Å². The molecule has 1 unspecified atom stereocenters. The molecule has 0 fully saturated rings. The van der Waals surface area contributed by atoms with Crippen LogP contribution in [0.3, 0.4) is 0 Å². The molecular formula is C16H17NO3. The van der Waals surface area contributed by atoms with Crippen molar-refractivity contribution in [2.24, 2.45) is 5.73 Å². The molecule has 1 atom stereocenters. The summed E-state index contributed by atoms with van der Waals surface area (Å²) in [5.41, 5.74) is 8.04. The number of hydrogen-bond donors (Lipinski definition) is 1. The molecule has 0 bridgehead atoms. The Morgan fingerprint density at radius 1 is 1.15 bits per heavy atom. The van der Waals surface area contributed by atoms with Crippen LogP contribution in [-0.4, -0.2) is 13.7 Å². The Morgan fingerprint density at radius 2 is 1.90 bits per heavy atom. The molecule has 2 N–H and O–H groups in total. The van der Waals surface area contributed by atoms with E-state index in [0.717, 1.165) is 28.4 Å². The monoisotopic (exact) mass is 271 g/mol. The van der Waals surface area contributed by atoms with E-state index in [2.05, 4.69) is 0 Å². The first-order valence-corrected chi connectivity index (χ1v) is 6.54. The van der Waals surface area contributed by atoms with Crippen molar-refractivity contribution in [1.29, 1.82) is 0 Å². The van der Waals surface area contributed by atoms with Crippen LogP contribution in [0.1, 0.15) is 17.2 Å². The first-order valence-electron chi connectivity index (χ1n) is 6.54. The lowest BCUT2D eigenvalue weighted by Crippen LogP contribution is -2.10. The third-order valence-corrected chi connectivity index (χ3v) is 3.37. The molecule has 0 radical (unpaired) electrons. The SMILES string of the molecule is COc1ccc(COc2ccc3c(c2)OCC3N)cc1. The highest BCUT2D eigenvalue weighted by molar-refractivity contribution is 5.44. The molecule has 0 aromatic heterocycles. The number of rotatable bonds is 4. The second-order valence-electron chi connectivity index (χ2n) is 4.75. The molecule has 4 heteroatoms. The standard InChI is InChI=1S/C16H17NO3/c1-18-12-4-2-11(3-5-12)9-19-13-6-7-14-15(17)10-20-16(14)8-13/h2-8,15H,9-10,17H2,1H3. The van der Waals surface area contributed by atoms with E-state index < -0.39 is 0 Å². The van der Waals surface area contributed by atoms with E-state index in [0.29, 0.717) is 13.2 Å². The van der Waals surface area contributed by atoms with Crippen LogP contribution in [0.4, 0.5) is 0 Å². The van der Waals surface area contributed by atoms with E-state index in [9.17, 15) is 0 Å². The summed E-state index contributed by atoms with van der Waals surface area (Å²) in [7, 11) is 1.65. The van der Waals surface area contributed by atoms with E-state index in [1.807, 2.05) is 42.5 Å². The van der Waals surface area contributed by atoms with E-state index in [4.69, 9.17) is 19.9 Å². The summed E-state index contributed by atoms with van der Waals surface area (Å²) in [4.78, 5) is 0. The molecule has 3 rings (SSSR count). The summed E-state index contributed by atoms with van der Waals surface area (Å²) in [6, 6.07) is 13.6. The third kappa shape index (κ3) is 2.56. The zero-order chi connectivity index (χ0) is 13.9. The first kappa shape index (κ1) is 12.8. The third-order valence-electron chi connectivity index (χ3n) is 3.37. The minimum atomic E-state index is -0.0272. The van der Waals surface area contributed by atoms with E-state index in [-0.39, 0.29) is 6.04 Å². The van der Waals surface area contributed by atoms with Gasteiger partial charge in [-0.3, -0.25) is 0 Å². The van der Waals surface area contributed by atoms with Gasteiger partial charge in [-0.25, -0.2) is 0 Å². The minimum absolute atomic E-state index is 0.0272. The van der Waals surface area contributed by atoms with Crippen molar-refractivity contribution < 1.29 is 14.2 Å². The van der Waals surface area contributed by atoms with Crippen LogP contribution < -0.4 is 19.9 Å². The summed E-state index contributed by atoms with van der Waals surface area (Å²) in [6.07, 6.45) is 0. The summed E-state index contributed by atoms with van der Waals surface area (Å²) < 4.78 is 16.4. The number of nitrogens with two attached hydrogens (primary N) is 1. The molecule has 1 aliphatic rings. The largest absolute Gasteiger partial charge is 0.497 e. The molecule has 104 valence electrons. The smallest absolute Gasteiger partial charge is 0.127 e. The maximum atomic E-state index is 5.91. The molecule has 2 aromatic carbocycles. The van der Waals surface area contributed by atoms with Crippen molar-refractivity contribution in [1.82, 2.24) is 0 Å². The van der Waals surface area contributed by atoms with Crippen molar-refractivity contribution in [3.63, 3.8) is 0 Å². The lowest BCUT2D eigenvalue weighted by molar-refractivity contribution is 0.300. The molecule has 0 saturated heterocycles. The Hall–Kier alpha value is -2.20. The first-order chi connectivity index (χ1) is 9.76. The molecular weight excluding hydrogens is 254 g/mol. The maximum absolute atomic E-state index is 5.91. The summed E-state index contributed by atoms with van der Waals surface area (Å²) in [5.74, 6) is 2.45. The lowest BCUT2D eigenvalue weighted by Gasteiger charge is -2.08. The zero-order valence-electron chi connectivity index (χ0n) is 11.3. The van der Waals surface area contributed by atoms with Crippen LogP contribution in [0.2, 0.25) is 0 Å². The van der Waals surface area contributed by atoms with Gasteiger partial charge in [-0.05, 0) is 29.8 Å². The van der Waals surface area contributed by atoms with Gasteiger partial charge in [0.25, 0.3) is 0 Å². The Morgan fingerprint density at radius 3 is 2.65 bits per heavy atom. The average Bonchev–Trinajstić information content (AvgIpc) is 2.87. The fourth-order valence-electron chi connectivity index (χ4n) is 2.19. The van der Waals surface area contributed by atoms with E-state index >= 15 is 0 Å². The molecule has 1 heterocycles. The summed E-state index contributed by atoms with van der Waals surface area (Å²) in [5, 5.41) is 0. The quantitative estimate of drug-likeness (QED) is 0.929. The minimum Gasteiger partial charge on any atom is -0.497 e. The van der Waals surface area contributed by atoms with Gasteiger partial charge in [-0.2, -0.15) is 0 Å². The van der Waals surface area contributed by atoms with Crippen molar-refractivity contribution in [2.75, 3.05) is 13.7 Å². The van der Waals surface area contributed by atoms with Crippen molar-refractivity contribution in [3.8, 4) is 17.2 Å². The molecule has 4 nitrogen and oxygen atoms in total. The highest BCUT2D eigenvalue weighted by atomic mass is 16.5. The number of benzene rings is 2. The molecule has 20 heavy (non-hydrogen) atoms. The van der Waals surface area contributed by atoms with Crippen LogP contribution in [0, 0.1) is 0 Å². The van der Waals surface area contributed by atoms with Gasteiger partial charge in [-0.1, -0.05) is 12.1 Å². The Labute approximate surface area is 118 Å². The fourth-order valence-corrected chi connectivity index (χ4v) is 2.19. The highest BCUT2D eigenvalue weighted by Crippen LogP contribution is 2.34. The molecule has 0 spiro atoms. The van der Waals surface area contributed by atoms with Gasteiger partial charge in [0, 0.05) is 11.6 Å². The number of fused-ring (bicyclic) bond motifs is 1. The van der Waals surface area contributed by atoms with Crippen LogP contribution in [0.15, 0.2) is 42.5 Å². The van der Waals surface area contributed by atoms with Gasteiger partial charge < -0.3 is 19.9 Å². The van der Waals surface area contributed by atoms with Crippen LogP contribution in [0.5, 0.6) is 17.2 Å². The zero-order valence-corrected chi connectivity index (χ0v) is 11.3. The Balaban J connectivity index is 1.66. The normalized spacial score (nSPS) is 16.4. The van der Waals surface area contributed by atoms with Crippen molar-refractivity contribution in [3.05, 3.63) is 53.6 Å². The van der Waals surface area contributed by atoms with Crippen molar-refractivity contribution >= 4 is 0 Å². The van der Waals surface area contributed by atoms with Gasteiger partial charge >= 0.3 is 0 Å². The van der Waals surface area contributed by atoms with Crippen LogP contribution in [0.25, 0.3) is 0 Å². The second-order valence-corrected chi connectivity index (χ2v) is 4.75. The predicted octanol–water partition coefficient (Wildman–Crippen LogP) is 2.67. The molecule has 0 saturated carbocycles. The van der Waals surface area contributed by atoms with Gasteiger partial charge in [0.1, 0.15) is 30.5 Å². The number of ether oxygens (including phenoxy) is 3. The lowest BCUT2D eigenvalue weighted by atomic mass is 10.1. The van der Waals surface area contributed by atoms with Gasteiger partial charge in [-0.15, -0.1) is 0 Å². The van der Waals surface area contributed by atoms with Gasteiger partial charge in [0.15, 0.2) is 0 Å².